The first kappa shape index (κ1) is 5.02. The highest BCUT2D eigenvalue weighted by Crippen LogP contribution is 1.84. The number of aromatic nitrogens is 3. The molecule has 0 amide bonds. The molecule has 8 heavy (non-hydrogen) atoms. The van der Waals surface area contributed by atoms with Gasteiger partial charge < -0.3 is 9.63 Å². The topological polar surface area (TPSA) is 65.9 Å². The van der Waals surface area contributed by atoms with E-state index < -0.39 is 6.08 Å². The monoisotopic (exact) mass is 115 g/mol. The van der Waals surface area contributed by atoms with E-state index in [1.165, 1.54) is 4.80 Å². The molecular formula is C3H5N3O2. The van der Waals surface area contributed by atoms with Gasteiger partial charge in [0.15, 0.2) is 0 Å². The third-order valence-electron chi connectivity index (χ3n) is 0.693. The van der Waals surface area contributed by atoms with Crippen LogP contribution in [0.2, 0.25) is 0 Å². The molecule has 0 aliphatic carbocycles. The third-order valence-corrected chi connectivity index (χ3v) is 0.693. The molecule has 0 saturated heterocycles. The van der Waals surface area contributed by atoms with Crippen LogP contribution in [0.25, 0.3) is 0 Å². The second kappa shape index (κ2) is 1.77. The summed E-state index contributed by atoms with van der Waals surface area (Å²) in [4.78, 5) is 1.18. The van der Waals surface area contributed by atoms with Gasteiger partial charge in [-0.2, -0.15) is 0 Å². The lowest BCUT2D eigenvalue weighted by Crippen LogP contribution is -2.37. The molecule has 5 heteroatoms. The van der Waals surface area contributed by atoms with Gasteiger partial charge in [0.25, 0.3) is 0 Å². The van der Waals surface area contributed by atoms with Crippen LogP contribution in [0, 0.1) is 0 Å². The van der Waals surface area contributed by atoms with Crippen molar-refractivity contribution in [2.45, 2.75) is 13.5 Å². The fourth-order valence-electron chi connectivity index (χ4n) is 0.341. The van der Waals surface area contributed by atoms with Crippen LogP contribution >= 0.6 is 0 Å². The minimum atomic E-state index is -0.646. The summed E-state index contributed by atoms with van der Waals surface area (Å²) in [6, 6.07) is 0. The van der Waals surface area contributed by atoms with Crippen molar-refractivity contribution in [3.63, 3.8) is 0 Å². The number of hydrogen-bond acceptors (Lipinski definition) is 4. The van der Waals surface area contributed by atoms with Crippen LogP contribution in [-0.2, 0) is 6.54 Å². The summed E-state index contributed by atoms with van der Waals surface area (Å²) in [7, 11) is 0. The van der Waals surface area contributed by atoms with Gasteiger partial charge in [-0.15, -0.1) is 0 Å². The number of rotatable bonds is 1. The lowest BCUT2D eigenvalue weighted by molar-refractivity contribution is -0.810. The van der Waals surface area contributed by atoms with Crippen LogP contribution in [0.15, 0.2) is 4.52 Å². The highest BCUT2D eigenvalue weighted by molar-refractivity contribution is 4.59. The van der Waals surface area contributed by atoms with Crippen molar-refractivity contribution >= 4 is 0 Å². The second-order valence-corrected chi connectivity index (χ2v) is 1.23. The molecule has 0 aliphatic heterocycles. The minimum absolute atomic E-state index is 0.561. The van der Waals surface area contributed by atoms with Crippen molar-refractivity contribution in [3.8, 4) is 6.08 Å². The maximum atomic E-state index is 10.1. The minimum Gasteiger partial charge on any atom is -0.523 e. The molecule has 0 fully saturated rings. The van der Waals surface area contributed by atoms with Crippen LogP contribution in [0.1, 0.15) is 6.92 Å². The Bertz CT molecular complexity index is 173. The fourth-order valence-corrected chi connectivity index (χ4v) is 0.341. The van der Waals surface area contributed by atoms with E-state index in [1.54, 1.807) is 0 Å². The van der Waals surface area contributed by atoms with E-state index in [0.29, 0.717) is 6.54 Å². The van der Waals surface area contributed by atoms with E-state index in [1.807, 2.05) is 6.92 Å². The Labute approximate surface area is 45.5 Å². The SMILES string of the molecule is CC[n+]1noc([O-])n1. The van der Waals surface area contributed by atoms with E-state index in [9.17, 15) is 5.11 Å². The highest BCUT2D eigenvalue weighted by atomic mass is 16.6. The average Bonchev–Trinajstić information content (AvgIpc) is 2.14. The summed E-state index contributed by atoms with van der Waals surface area (Å²) in [5.74, 6) is 0. The molecule has 1 rings (SSSR count). The lowest BCUT2D eigenvalue weighted by atomic mass is 10.8. The average molecular weight is 115 g/mol. The van der Waals surface area contributed by atoms with E-state index in [2.05, 4.69) is 14.9 Å². The summed E-state index contributed by atoms with van der Waals surface area (Å²) in [6.07, 6.45) is -0.646. The first-order valence-electron chi connectivity index (χ1n) is 2.24. The third kappa shape index (κ3) is 0.749. The largest absolute Gasteiger partial charge is 0.523 e. The maximum Gasteiger partial charge on any atom is 0.247 e. The molecule has 0 radical (unpaired) electrons. The van der Waals surface area contributed by atoms with Gasteiger partial charge >= 0.3 is 0 Å². The highest BCUT2D eigenvalue weighted by Gasteiger charge is 1.97. The van der Waals surface area contributed by atoms with Crippen molar-refractivity contribution in [3.05, 3.63) is 0 Å². The first-order valence-corrected chi connectivity index (χ1v) is 2.24. The van der Waals surface area contributed by atoms with Gasteiger partial charge in [-0.3, -0.25) is 0 Å². The Morgan fingerprint density at radius 3 is 2.88 bits per heavy atom. The zero-order chi connectivity index (χ0) is 5.98. The second-order valence-electron chi connectivity index (χ2n) is 1.23. The fraction of sp³-hybridized carbons (Fsp3) is 0.667. The van der Waals surface area contributed by atoms with Gasteiger partial charge in [0.05, 0.1) is 0 Å². The van der Waals surface area contributed by atoms with Gasteiger partial charge in [0.2, 0.25) is 12.6 Å². The Kier molecular flexibility index (Phi) is 1.11. The predicted molar refractivity (Wildman–Crippen MR) is 19.6 cm³/mol. The van der Waals surface area contributed by atoms with E-state index in [4.69, 9.17) is 0 Å². The number of nitrogens with zero attached hydrogens (tertiary/aromatic N) is 3. The summed E-state index contributed by atoms with van der Waals surface area (Å²) >= 11 is 0. The van der Waals surface area contributed by atoms with Crippen LogP contribution in [0.4, 0.5) is 0 Å². The number of aryl methyl sites for hydroxylation is 1. The smallest absolute Gasteiger partial charge is 0.247 e. The quantitative estimate of drug-likeness (QED) is 0.415. The zero-order valence-corrected chi connectivity index (χ0v) is 4.37. The molecule has 0 unspecified atom stereocenters. The van der Waals surface area contributed by atoms with Gasteiger partial charge in [0, 0.05) is 16.8 Å². The molecule has 44 valence electrons. The van der Waals surface area contributed by atoms with Crippen molar-refractivity contribution in [1.82, 2.24) is 10.4 Å². The number of hydrogen-bond donors (Lipinski definition) is 0. The van der Waals surface area contributed by atoms with E-state index in [0.717, 1.165) is 0 Å². The molecular weight excluding hydrogens is 110 g/mol. The van der Waals surface area contributed by atoms with Gasteiger partial charge in [0.1, 0.15) is 5.27 Å². The van der Waals surface area contributed by atoms with Gasteiger partial charge in [-0.1, -0.05) is 0 Å². The maximum absolute atomic E-state index is 10.1. The zero-order valence-electron chi connectivity index (χ0n) is 4.37. The van der Waals surface area contributed by atoms with Crippen molar-refractivity contribution < 1.29 is 14.4 Å². The summed E-state index contributed by atoms with van der Waals surface area (Å²) in [6.45, 7) is 2.38. The molecule has 1 heterocycles. The molecule has 0 aromatic carbocycles. The Balaban J connectivity index is 2.84. The van der Waals surface area contributed by atoms with Crippen LogP contribution in [0.3, 0.4) is 0 Å². The van der Waals surface area contributed by atoms with Gasteiger partial charge in [-0.25, -0.2) is 0 Å². The van der Waals surface area contributed by atoms with Crippen molar-refractivity contribution in [1.29, 1.82) is 0 Å². The normalized spacial score (nSPS) is 9.62. The molecule has 1 aromatic heterocycles. The Hall–Kier alpha value is -1.13. The molecule has 0 saturated carbocycles. The van der Waals surface area contributed by atoms with Gasteiger partial charge in [-0.05, 0) is 0 Å². The standard InChI is InChI=1S/C3H5N3O2/c1-2-6-4-3(7)8-5-6/h2H2,1H3. The van der Waals surface area contributed by atoms with E-state index in [-0.39, 0.29) is 0 Å². The van der Waals surface area contributed by atoms with Crippen molar-refractivity contribution in [2.75, 3.05) is 0 Å². The van der Waals surface area contributed by atoms with Crippen LogP contribution in [0.5, 0.6) is 6.08 Å². The van der Waals surface area contributed by atoms with E-state index >= 15 is 0 Å². The Morgan fingerprint density at radius 1 is 1.88 bits per heavy atom. The van der Waals surface area contributed by atoms with Crippen molar-refractivity contribution in [2.24, 2.45) is 0 Å². The molecule has 0 atom stereocenters. The molecule has 5 nitrogen and oxygen atoms in total. The molecule has 0 aliphatic rings. The summed E-state index contributed by atoms with van der Waals surface area (Å²) < 4.78 is 4.10. The molecule has 0 bridgehead atoms. The molecule has 1 aromatic rings. The van der Waals surface area contributed by atoms with Crippen LogP contribution < -0.4 is 9.90 Å². The Morgan fingerprint density at radius 2 is 2.62 bits per heavy atom. The predicted octanol–water partition coefficient (Wildman–Crippen LogP) is -1.55. The summed E-state index contributed by atoms with van der Waals surface area (Å²) in [5, 5.41) is 16.7. The molecule has 0 N–H and O–H groups in total. The molecule has 0 spiro atoms. The first-order chi connectivity index (χ1) is 3.83. The summed E-state index contributed by atoms with van der Waals surface area (Å²) in [5.41, 5.74) is 0. The van der Waals surface area contributed by atoms with Crippen LogP contribution in [-0.4, -0.2) is 10.4 Å². The lowest BCUT2D eigenvalue weighted by Gasteiger charge is -1.72.